The molecule has 582 valence electrons. The average Bonchev–Trinajstić information content (AvgIpc) is 2.05. The molecule has 0 rings (SSSR count). The lowest BCUT2D eigenvalue weighted by Gasteiger charge is -2.20. The maximum absolute atomic E-state index is 12.6. The lowest BCUT2D eigenvalue weighted by molar-refractivity contribution is -0.143. The highest BCUT2D eigenvalue weighted by Gasteiger charge is 2.18. The van der Waals surface area contributed by atoms with Gasteiger partial charge in [0.2, 0.25) is 5.91 Å². The van der Waals surface area contributed by atoms with Gasteiger partial charge in [-0.3, -0.25) is 9.59 Å². The number of rotatable bonds is 85. The van der Waals surface area contributed by atoms with Gasteiger partial charge in [0.25, 0.3) is 0 Å². The van der Waals surface area contributed by atoms with Crippen LogP contribution in [0.3, 0.4) is 0 Å². The van der Waals surface area contributed by atoms with Crippen LogP contribution in [-0.4, -0.2) is 47.4 Å². The Kier molecular flexibility index (Phi) is 85.8. The van der Waals surface area contributed by atoms with Crippen molar-refractivity contribution < 1.29 is 24.5 Å². The first-order valence-electron chi connectivity index (χ1n) is 45.1. The van der Waals surface area contributed by atoms with Crippen molar-refractivity contribution in [3.8, 4) is 0 Å². The molecule has 3 N–H and O–H groups in total. The SMILES string of the molecule is CCCCCC/C=C\C/C=C\CCCCCCCCCC(=O)OCCCCCCCCCCCCCCCCC/C=C\C/C=C\CCCCCCCCCCCCCCCCCCCC(=O)NC(CO)C(O)/C=C/CCCCCCCCCCCCCCCCCCCCCCCCC. The molecule has 1 amide bonds. The number of hydrogen-bond donors (Lipinski definition) is 3. The van der Waals surface area contributed by atoms with E-state index >= 15 is 0 Å². The van der Waals surface area contributed by atoms with E-state index in [-0.39, 0.29) is 18.5 Å². The molecule has 0 spiro atoms. The molecule has 0 aromatic rings. The van der Waals surface area contributed by atoms with Crippen molar-refractivity contribution in [2.24, 2.45) is 0 Å². The molecule has 2 unspecified atom stereocenters. The van der Waals surface area contributed by atoms with Gasteiger partial charge < -0.3 is 20.3 Å². The maximum atomic E-state index is 12.6. The molecule has 0 aliphatic carbocycles. The molecule has 0 aromatic heterocycles. The zero-order valence-electron chi connectivity index (χ0n) is 67.0. The first kappa shape index (κ1) is 96.6. The first-order valence-corrected chi connectivity index (χ1v) is 45.1. The number of nitrogens with one attached hydrogen (secondary N) is 1. The van der Waals surface area contributed by atoms with E-state index < -0.39 is 12.1 Å². The van der Waals surface area contributed by atoms with Crippen molar-refractivity contribution in [1.82, 2.24) is 5.32 Å². The number of hydrogen-bond acceptors (Lipinski definition) is 5. The van der Waals surface area contributed by atoms with Gasteiger partial charge in [-0.25, -0.2) is 0 Å². The van der Waals surface area contributed by atoms with Gasteiger partial charge in [-0.2, -0.15) is 0 Å². The van der Waals surface area contributed by atoms with E-state index in [1.807, 2.05) is 6.08 Å². The number of aliphatic hydroxyl groups is 2. The lowest BCUT2D eigenvalue weighted by atomic mass is 10.0. The molecule has 0 heterocycles. The zero-order valence-corrected chi connectivity index (χ0v) is 67.0. The summed E-state index contributed by atoms with van der Waals surface area (Å²) in [5.74, 6) is -0.0463. The first-order chi connectivity index (χ1) is 49.0. The topological polar surface area (TPSA) is 95.9 Å². The fourth-order valence-corrected chi connectivity index (χ4v) is 14.2. The minimum Gasteiger partial charge on any atom is -0.466 e. The van der Waals surface area contributed by atoms with E-state index in [1.54, 1.807) is 6.08 Å². The van der Waals surface area contributed by atoms with E-state index in [9.17, 15) is 19.8 Å². The Morgan fingerprint density at radius 1 is 0.283 bits per heavy atom. The molecule has 6 heteroatoms. The highest BCUT2D eigenvalue weighted by atomic mass is 16.5. The van der Waals surface area contributed by atoms with Crippen LogP contribution in [0.1, 0.15) is 495 Å². The Hall–Kier alpha value is -2.44. The van der Waals surface area contributed by atoms with Crippen LogP contribution in [0, 0.1) is 0 Å². The summed E-state index contributed by atoms with van der Waals surface area (Å²) >= 11 is 0. The van der Waals surface area contributed by atoms with Gasteiger partial charge in [0.1, 0.15) is 0 Å². The smallest absolute Gasteiger partial charge is 0.305 e. The summed E-state index contributed by atoms with van der Waals surface area (Å²) in [5.41, 5.74) is 0. The van der Waals surface area contributed by atoms with Gasteiger partial charge in [0, 0.05) is 12.8 Å². The van der Waals surface area contributed by atoms with Crippen molar-refractivity contribution in [2.45, 2.75) is 508 Å². The number of carbonyl (C=O) groups is 2. The normalized spacial score (nSPS) is 12.7. The van der Waals surface area contributed by atoms with Crippen molar-refractivity contribution in [2.75, 3.05) is 13.2 Å². The predicted octanol–water partition coefficient (Wildman–Crippen LogP) is 30.4. The molecule has 2 atom stereocenters. The van der Waals surface area contributed by atoms with Crippen LogP contribution in [-0.2, 0) is 14.3 Å². The van der Waals surface area contributed by atoms with Gasteiger partial charge in [0.05, 0.1) is 25.4 Å². The molecule has 0 aliphatic heterocycles. The van der Waals surface area contributed by atoms with Crippen molar-refractivity contribution in [3.05, 3.63) is 60.8 Å². The predicted molar refractivity (Wildman–Crippen MR) is 439 cm³/mol. The van der Waals surface area contributed by atoms with Gasteiger partial charge in [-0.1, -0.05) is 447 Å². The highest BCUT2D eigenvalue weighted by Crippen LogP contribution is 2.20. The summed E-state index contributed by atoms with van der Waals surface area (Å²) in [5, 5.41) is 23.4. The summed E-state index contributed by atoms with van der Waals surface area (Å²) in [6.07, 6.45) is 120. The van der Waals surface area contributed by atoms with Gasteiger partial charge >= 0.3 is 5.97 Å². The number of amides is 1. The van der Waals surface area contributed by atoms with Crippen LogP contribution in [0.5, 0.6) is 0 Å². The summed E-state index contributed by atoms with van der Waals surface area (Å²) in [4.78, 5) is 24.7. The van der Waals surface area contributed by atoms with E-state index in [4.69, 9.17) is 4.74 Å². The van der Waals surface area contributed by atoms with Crippen LogP contribution < -0.4 is 5.32 Å². The number of aliphatic hydroxyl groups excluding tert-OH is 2. The molecule has 0 fully saturated rings. The zero-order chi connectivity index (χ0) is 71.2. The van der Waals surface area contributed by atoms with Crippen LogP contribution in [0.4, 0.5) is 0 Å². The molecule has 99 heavy (non-hydrogen) atoms. The third kappa shape index (κ3) is 84.4. The Morgan fingerprint density at radius 2 is 0.505 bits per heavy atom. The molecule has 0 saturated carbocycles. The van der Waals surface area contributed by atoms with Crippen molar-refractivity contribution in [1.29, 1.82) is 0 Å². The molecule has 6 nitrogen and oxygen atoms in total. The minimum atomic E-state index is -0.845. The molecule has 0 aliphatic rings. The van der Waals surface area contributed by atoms with Crippen LogP contribution in [0.25, 0.3) is 0 Å². The molecule has 0 radical (unpaired) electrons. The van der Waals surface area contributed by atoms with Crippen LogP contribution in [0.2, 0.25) is 0 Å². The number of esters is 1. The number of ether oxygens (including phenoxy) is 1. The summed E-state index contributed by atoms with van der Waals surface area (Å²) in [7, 11) is 0. The number of unbranched alkanes of at least 4 members (excludes halogenated alkanes) is 66. The Balaban J connectivity index is 3.38. The third-order valence-electron chi connectivity index (χ3n) is 21.0. The Bertz CT molecular complexity index is 1700. The molecular weight excluding hydrogens is 1210 g/mol. The summed E-state index contributed by atoms with van der Waals surface area (Å²) < 4.78 is 5.51. The molecular formula is C93H175NO5. The molecule has 0 aromatic carbocycles. The standard InChI is InChI=1S/C93H175NO5/c1-3-5-7-9-11-13-15-17-19-21-23-24-25-41-44-47-50-53-57-61-65-69-73-77-81-85-91(96)90(89-95)94-92(97)86-82-78-74-70-66-62-58-54-51-48-45-42-39-37-35-33-31-29-27-26-28-30-32-34-36-38-40-43-46-49-52-56-60-64-68-72-76-80-84-88-99-93(98)87-83-79-75-71-67-63-59-55-22-20-18-16-14-12-10-8-6-4-2/h14,16,20,22,26-27,30,32,81,85,90-91,95-96H,3-13,15,17-19,21,23-25,28-29,31,33-80,82-84,86-89H2,1-2H3,(H,94,97)/b16-14-,22-20-,27-26-,32-30-,85-81+. The minimum absolute atomic E-state index is 0.0134. The Morgan fingerprint density at radius 3 is 0.778 bits per heavy atom. The van der Waals surface area contributed by atoms with E-state index in [0.717, 1.165) is 57.8 Å². The average molecular weight is 1390 g/mol. The number of carbonyl (C=O) groups excluding carboxylic acids is 2. The van der Waals surface area contributed by atoms with Crippen LogP contribution in [0.15, 0.2) is 60.8 Å². The number of allylic oxidation sites excluding steroid dienone is 9. The van der Waals surface area contributed by atoms with Crippen molar-refractivity contribution in [3.63, 3.8) is 0 Å². The second-order valence-corrected chi connectivity index (χ2v) is 30.9. The quantitative estimate of drug-likeness (QED) is 0.0320. The molecule has 0 bridgehead atoms. The largest absolute Gasteiger partial charge is 0.466 e. The Labute approximate surface area is 619 Å². The third-order valence-corrected chi connectivity index (χ3v) is 21.0. The monoisotopic (exact) mass is 1390 g/mol. The second-order valence-electron chi connectivity index (χ2n) is 30.9. The maximum Gasteiger partial charge on any atom is 0.305 e. The fraction of sp³-hybridized carbons (Fsp3) is 0.871. The van der Waals surface area contributed by atoms with Gasteiger partial charge in [0.15, 0.2) is 0 Å². The van der Waals surface area contributed by atoms with Gasteiger partial charge in [-0.05, 0) is 96.3 Å². The second kappa shape index (κ2) is 88.0. The fourth-order valence-electron chi connectivity index (χ4n) is 14.2. The van der Waals surface area contributed by atoms with E-state index in [1.165, 1.54) is 411 Å². The lowest BCUT2D eigenvalue weighted by Crippen LogP contribution is -2.45. The van der Waals surface area contributed by atoms with E-state index in [0.29, 0.717) is 19.4 Å². The van der Waals surface area contributed by atoms with Crippen LogP contribution >= 0.6 is 0 Å². The summed E-state index contributed by atoms with van der Waals surface area (Å²) in [6.45, 7) is 4.94. The van der Waals surface area contributed by atoms with Gasteiger partial charge in [-0.15, -0.1) is 0 Å². The molecule has 0 saturated heterocycles. The van der Waals surface area contributed by atoms with E-state index in [2.05, 4.69) is 67.8 Å². The summed E-state index contributed by atoms with van der Waals surface area (Å²) in [6, 6.07) is -0.628. The highest BCUT2D eigenvalue weighted by molar-refractivity contribution is 5.76. The van der Waals surface area contributed by atoms with Crippen molar-refractivity contribution >= 4 is 11.9 Å².